The molecule has 2 amide bonds. The first kappa shape index (κ1) is 19.6. The lowest BCUT2D eigenvalue weighted by atomic mass is 9.82. The van der Waals surface area contributed by atoms with E-state index in [9.17, 15) is 9.59 Å². The SMILES string of the molecule is CSCC(C)NC(=O)CC1(C(=O)NC(C)CSC)CCNC1. The number of nitrogens with one attached hydrogen (secondary N) is 3. The Hall–Kier alpha value is -0.400. The Balaban J connectivity index is 2.62. The second kappa shape index (κ2) is 9.67. The van der Waals surface area contributed by atoms with Crippen LogP contribution in [0.4, 0.5) is 0 Å². The van der Waals surface area contributed by atoms with Crippen LogP contribution in [0.2, 0.25) is 0 Å². The van der Waals surface area contributed by atoms with Crippen LogP contribution in [0.25, 0.3) is 0 Å². The Morgan fingerprint density at radius 3 is 2.23 bits per heavy atom. The van der Waals surface area contributed by atoms with Gasteiger partial charge in [0.05, 0.1) is 5.41 Å². The molecule has 1 saturated heterocycles. The van der Waals surface area contributed by atoms with Crippen molar-refractivity contribution in [3.8, 4) is 0 Å². The smallest absolute Gasteiger partial charge is 0.228 e. The highest BCUT2D eigenvalue weighted by Crippen LogP contribution is 2.30. The third-order valence-corrected chi connectivity index (χ3v) is 5.51. The normalized spacial score (nSPS) is 23.8. The molecule has 0 radical (unpaired) electrons. The molecule has 0 aromatic carbocycles. The summed E-state index contributed by atoms with van der Waals surface area (Å²) in [4.78, 5) is 24.9. The van der Waals surface area contributed by atoms with Gasteiger partial charge in [-0.15, -0.1) is 0 Å². The molecule has 7 heteroatoms. The average molecular weight is 348 g/mol. The summed E-state index contributed by atoms with van der Waals surface area (Å²) in [7, 11) is 0. The van der Waals surface area contributed by atoms with E-state index in [0.717, 1.165) is 24.5 Å². The summed E-state index contributed by atoms with van der Waals surface area (Å²) in [5.74, 6) is 1.74. The Morgan fingerprint density at radius 1 is 1.14 bits per heavy atom. The highest BCUT2D eigenvalue weighted by atomic mass is 32.2. The molecular formula is C15H29N3O2S2. The van der Waals surface area contributed by atoms with Gasteiger partial charge in [0.15, 0.2) is 0 Å². The minimum absolute atomic E-state index is 0.00622. The van der Waals surface area contributed by atoms with Crippen LogP contribution < -0.4 is 16.0 Å². The van der Waals surface area contributed by atoms with E-state index in [-0.39, 0.29) is 30.3 Å². The first-order valence-electron chi connectivity index (χ1n) is 7.72. The van der Waals surface area contributed by atoms with Crippen LogP contribution in [0.1, 0.15) is 26.7 Å². The zero-order valence-electron chi connectivity index (χ0n) is 14.0. The van der Waals surface area contributed by atoms with Gasteiger partial charge in [-0.1, -0.05) is 0 Å². The molecule has 0 aromatic heterocycles. The number of carbonyl (C=O) groups excluding carboxylic acids is 2. The molecule has 0 spiro atoms. The van der Waals surface area contributed by atoms with Gasteiger partial charge in [-0.2, -0.15) is 23.5 Å². The summed E-state index contributed by atoms with van der Waals surface area (Å²) in [6.07, 6.45) is 5.02. The molecule has 5 nitrogen and oxygen atoms in total. The van der Waals surface area contributed by atoms with Crippen LogP contribution in [0.15, 0.2) is 0 Å². The van der Waals surface area contributed by atoms with Crippen molar-refractivity contribution in [1.82, 2.24) is 16.0 Å². The van der Waals surface area contributed by atoms with E-state index in [0.29, 0.717) is 6.54 Å². The van der Waals surface area contributed by atoms with E-state index in [4.69, 9.17) is 0 Å². The van der Waals surface area contributed by atoms with Gasteiger partial charge < -0.3 is 16.0 Å². The van der Waals surface area contributed by atoms with Crippen LogP contribution in [0.5, 0.6) is 0 Å². The standard InChI is InChI=1S/C15H29N3O2S2/c1-11(8-21-3)17-13(19)7-15(5-6-16-10-15)14(20)18-12(2)9-22-4/h11-12,16H,5-10H2,1-4H3,(H,17,19)(H,18,20). The number of thioether (sulfide) groups is 2. The zero-order valence-corrected chi connectivity index (χ0v) is 15.7. The Kier molecular flexibility index (Phi) is 8.64. The molecule has 1 rings (SSSR count). The van der Waals surface area contributed by atoms with Crippen molar-refractivity contribution in [1.29, 1.82) is 0 Å². The maximum absolute atomic E-state index is 12.7. The molecule has 1 heterocycles. The second-order valence-electron chi connectivity index (χ2n) is 6.14. The van der Waals surface area contributed by atoms with Crippen molar-refractivity contribution >= 4 is 35.3 Å². The zero-order chi connectivity index (χ0) is 16.6. The molecule has 0 bridgehead atoms. The molecule has 0 aliphatic carbocycles. The summed E-state index contributed by atoms with van der Waals surface area (Å²) in [5, 5.41) is 9.29. The van der Waals surface area contributed by atoms with Crippen molar-refractivity contribution in [3.05, 3.63) is 0 Å². The molecule has 22 heavy (non-hydrogen) atoms. The fourth-order valence-corrected chi connectivity index (χ4v) is 3.93. The highest BCUT2D eigenvalue weighted by molar-refractivity contribution is 7.98. The molecule has 1 fully saturated rings. The first-order valence-corrected chi connectivity index (χ1v) is 10.5. The van der Waals surface area contributed by atoms with Gasteiger partial charge in [0.1, 0.15) is 0 Å². The number of hydrogen-bond donors (Lipinski definition) is 3. The van der Waals surface area contributed by atoms with Gasteiger partial charge in [-0.05, 0) is 39.3 Å². The van der Waals surface area contributed by atoms with E-state index in [2.05, 4.69) is 16.0 Å². The van der Waals surface area contributed by atoms with Gasteiger partial charge in [-0.3, -0.25) is 9.59 Å². The third-order valence-electron chi connectivity index (χ3n) is 3.84. The molecule has 0 saturated carbocycles. The molecular weight excluding hydrogens is 318 g/mol. The van der Waals surface area contributed by atoms with Crippen LogP contribution in [-0.4, -0.2) is 61.0 Å². The van der Waals surface area contributed by atoms with E-state index in [1.54, 1.807) is 23.5 Å². The van der Waals surface area contributed by atoms with Gasteiger partial charge in [-0.25, -0.2) is 0 Å². The van der Waals surface area contributed by atoms with Crippen molar-refractivity contribution in [2.45, 2.75) is 38.8 Å². The third kappa shape index (κ3) is 6.01. The minimum Gasteiger partial charge on any atom is -0.353 e. The number of hydrogen-bond acceptors (Lipinski definition) is 5. The second-order valence-corrected chi connectivity index (χ2v) is 7.96. The highest BCUT2D eigenvalue weighted by Gasteiger charge is 2.43. The molecule has 3 unspecified atom stereocenters. The van der Waals surface area contributed by atoms with Crippen LogP contribution in [-0.2, 0) is 9.59 Å². The fourth-order valence-electron chi connectivity index (χ4n) is 2.76. The Bertz CT molecular complexity index is 374. The van der Waals surface area contributed by atoms with Crippen molar-refractivity contribution in [3.63, 3.8) is 0 Å². The van der Waals surface area contributed by atoms with Gasteiger partial charge in [0.2, 0.25) is 11.8 Å². The van der Waals surface area contributed by atoms with Crippen molar-refractivity contribution in [2.24, 2.45) is 5.41 Å². The quantitative estimate of drug-likeness (QED) is 0.582. The Morgan fingerprint density at radius 2 is 1.73 bits per heavy atom. The fraction of sp³-hybridized carbons (Fsp3) is 0.867. The summed E-state index contributed by atoms with van der Waals surface area (Å²) in [6, 6.07) is 0.255. The van der Waals surface area contributed by atoms with E-state index in [1.807, 2.05) is 26.4 Å². The molecule has 3 atom stereocenters. The summed E-state index contributed by atoms with van der Waals surface area (Å²) in [5.41, 5.74) is -0.601. The van der Waals surface area contributed by atoms with Gasteiger partial charge >= 0.3 is 0 Å². The predicted molar refractivity (Wildman–Crippen MR) is 96.5 cm³/mol. The van der Waals surface area contributed by atoms with Gasteiger partial charge in [0, 0.05) is 36.6 Å². The number of rotatable bonds is 9. The molecule has 128 valence electrons. The number of amides is 2. The topological polar surface area (TPSA) is 70.2 Å². The predicted octanol–water partition coefficient (Wildman–Crippen LogP) is 1.09. The average Bonchev–Trinajstić information content (AvgIpc) is 2.88. The summed E-state index contributed by atoms with van der Waals surface area (Å²) < 4.78 is 0. The van der Waals surface area contributed by atoms with Crippen LogP contribution in [0, 0.1) is 5.41 Å². The summed E-state index contributed by atoms with van der Waals surface area (Å²) in [6.45, 7) is 5.37. The van der Waals surface area contributed by atoms with E-state index < -0.39 is 5.41 Å². The maximum atomic E-state index is 12.7. The van der Waals surface area contributed by atoms with E-state index >= 15 is 0 Å². The summed E-state index contributed by atoms with van der Waals surface area (Å²) >= 11 is 3.41. The lowest BCUT2D eigenvalue weighted by molar-refractivity contribution is -0.136. The largest absolute Gasteiger partial charge is 0.353 e. The minimum atomic E-state index is -0.601. The van der Waals surface area contributed by atoms with Crippen LogP contribution >= 0.6 is 23.5 Å². The van der Waals surface area contributed by atoms with Crippen molar-refractivity contribution in [2.75, 3.05) is 37.1 Å². The molecule has 0 aromatic rings. The lowest BCUT2D eigenvalue weighted by Crippen LogP contribution is -2.49. The molecule has 3 N–H and O–H groups in total. The lowest BCUT2D eigenvalue weighted by Gasteiger charge is -2.28. The van der Waals surface area contributed by atoms with Gasteiger partial charge in [0.25, 0.3) is 0 Å². The number of carbonyl (C=O) groups is 2. The first-order chi connectivity index (χ1) is 10.4. The Labute approximate surface area is 142 Å². The van der Waals surface area contributed by atoms with Crippen molar-refractivity contribution < 1.29 is 9.59 Å². The monoisotopic (exact) mass is 347 g/mol. The maximum Gasteiger partial charge on any atom is 0.228 e. The molecule has 1 aliphatic heterocycles. The van der Waals surface area contributed by atoms with E-state index in [1.165, 1.54) is 0 Å². The molecule has 1 aliphatic rings. The van der Waals surface area contributed by atoms with Crippen LogP contribution in [0.3, 0.4) is 0 Å².